The molecule has 3 rings (SSSR count). The Bertz CT molecular complexity index is 891. The van der Waals surface area contributed by atoms with Crippen molar-refractivity contribution >= 4 is 62.5 Å². The molecule has 1 atom stereocenters. The number of anilines is 2. The topological polar surface area (TPSA) is 67.4 Å². The maximum atomic E-state index is 12.7. The average molecular weight is 456 g/mol. The lowest BCUT2D eigenvalue weighted by atomic mass is 10.1. The average Bonchev–Trinajstić information content (AvgIpc) is 2.58. The van der Waals surface area contributed by atoms with Crippen molar-refractivity contribution in [1.82, 2.24) is 0 Å². The van der Waals surface area contributed by atoms with Crippen molar-refractivity contribution in [3.8, 4) is 5.75 Å². The summed E-state index contributed by atoms with van der Waals surface area (Å²) in [4.78, 5) is 25.5. The van der Waals surface area contributed by atoms with Crippen LogP contribution in [0, 0.1) is 0 Å². The molecule has 0 aromatic heterocycles. The first-order valence-electron chi connectivity index (χ1n) is 7.93. The lowest BCUT2D eigenvalue weighted by Gasteiger charge is -2.21. The van der Waals surface area contributed by atoms with Crippen LogP contribution < -0.4 is 15.4 Å². The van der Waals surface area contributed by atoms with Crippen LogP contribution in [0.2, 0.25) is 5.02 Å². The molecule has 5 nitrogen and oxygen atoms in total. The van der Waals surface area contributed by atoms with Crippen LogP contribution in [0.1, 0.15) is 24.2 Å². The number of hydrogen-bond donors (Lipinski definition) is 2. The molecule has 0 saturated carbocycles. The van der Waals surface area contributed by atoms with E-state index in [0.717, 1.165) is 4.90 Å². The second-order valence-corrected chi connectivity index (χ2v) is 8.29. The molecule has 8 heteroatoms. The SMILES string of the molecule is CCOc1c(Br)cc(Cl)cc1NC(=O)c1ccc2c(c1)NC(=O)C(C)S2. The molecule has 0 spiro atoms. The van der Waals surface area contributed by atoms with Gasteiger partial charge in [0.15, 0.2) is 5.75 Å². The molecule has 0 radical (unpaired) electrons. The van der Waals surface area contributed by atoms with Gasteiger partial charge in [-0.25, -0.2) is 0 Å². The van der Waals surface area contributed by atoms with Crippen molar-refractivity contribution in [3.63, 3.8) is 0 Å². The van der Waals surface area contributed by atoms with E-state index in [0.29, 0.717) is 38.8 Å². The van der Waals surface area contributed by atoms with Crippen molar-refractivity contribution in [3.05, 3.63) is 45.4 Å². The van der Waals surface area contributed by atoms with Crippen molar-refractivity contribution < 1.29 is 14.3 Å². The van der Waals surface area contributed by atoms with E-state index in [1.807, 2.05) is 19.9 Å². The van der Waals surface area contributed by atoms with E-state index in [2.05, 4.69) is 26.6 Å². The summed E-state index contributed by atoms with van der Waals surface area (Å²) >= 11 is 11.0. The number of ether oxygens (including phenoxy) is 1. The van der Waals surface area contributed by atoms with Gasteiger partial charge in [-0.05, 0) is 60.1 Å². The summed E-state index contributed by atoms with van der Waals surface area (Å²) in [5, 5.41) is 5.97. The van der Waals surface area contributed by atoms with E-state index >= 15 is 0 Å². The Morgan fingerprint density at radius 1 is 1.38 bits per heavy atom. The number of halogens is 2. The quantitative estimate of drug-likeness (QED) is 0.666. The van der Waals surface area contributed by atoms with Gasteiger partial charge in [0.1, 0.15) is 0 Å². The predicted octanol–water partition coefficient (Wildman–Crippen LogP) is 5.19. The standard InChI is InChI=1S/C18H16BrClN2O3S/c1-3-25-16-12(19)7-11(20)8-14(16)22-18(24)10-4-5-15-13(6-10)21-17(23)9(2)26-15/h4-9H,3H2,1-2H3,(H,21,23)(H,22,24). The van der Waals surface area contributed by atoms with E-state index in [1.54, 1.807) is 24.3 Å². The molecule has 1 unspecified atom stereocenters. The summed E-state index contributed by atoms with van der Waals surface area (Å²) in [5.74, 6) is 0.124. The van der Waals surface area contributed by atoms with Crippen molar-refractivity contribution in [2.24, 2.45) is 0 Å². The molecular formula is C18H16BrClN2O3S. The normalized spacial score (nSPS) is 15.8. The molecule has 0 bridgehead atoms. The largest absolute Gasteiger partial charge is 0.491 e. The minimum atomic E-state index is -0.319. The van der Waals surface area contributed by atoms with Crippen LogP contribution in [-0.2, 0) is 4.79 Å². The highest BCUT2D eigenvalue weighted by Crippen LogP contribution is 2.38. The Labute approximate surface area is 169 Å². The predicted molar refractivity (Wildman–Crippen MR) is 109 cm³/mol. The molecule has 2 aromatic carbocycles. The van der Waals surface area contributed by atoms with Crippen LogP contribution in [0.3, 0.4) is 0 Å². The van der Waals surface area contributed by atoms with Gasteiger partial charge in [0, 0.05) is 15.5 Å². The lowest BCUT2D eigenvalue weighted by Crippen LogP contribution is -2.26. The van der Waals surface area contributed by atoms with Gasteiger partial charge in [-0.2, -0.15) is 0 Å². The number of fused-ring (bicyclic) bond motifs is 1. The number of thioether (sulfide) groups is 1. The van der Waals surface area contributed by atoms with Gasteiger partial charge in [0.2, 0.25) is 5.91 Å². The summed E-state index contributed by atoms with van der Waals surface area (Å²) in [6, 6.07) is 8.57. The first-order chi connectivity index (χ1) is 12.4. The smallest absolute Gasteiger partial charge is 0.255 e. The number of benzene rings is 2. The second-order valence-electron chi connectivity index (χ2n) is 5.61. The molecule has 136 valence electrons. The van der Waals surface area contributed by atoms with E-state index in [-0.39, 0.29) is 17.1 Å². The Balaban J connectivity index is 1.88. The zero-order chi connectivity index (χ0) is 18.8. The second kappa shape index (κ2) is 7.90. The highest BCUT2D eigenvalue weighted by molar-refractivity contribution is 9.10. The van der Waals surface area contributed by atoms with Crippen molar-refractivity contribution in [2.75, 3.05) is 17.2 Å². The molecule has 0 aliphatic carbocycles. The summed E-state index contributed by atoms with van der Waals surface area (Å²) in [7, 11) is 0. The van der Waals surface area contributed by atoms with Gasteiger partial charge >= 0.3 is 0 Å². The van der Waals surface area contributed by atoms with Crippen molar-refractivity contribution in [2.45, 2.75) is 24.0 Å². The molecule has 1 aliphatic rings. The summed E-state index contributed by atoms with van der Waals surface area (Å²) in [6.07, 6.45) is 0. The molecule has 1 aliphatic heterocycles. The van der Waals surface area contributed by atoms with Crippen LogP contribution in [-0.4, -0.2) is 23.7 Å². The third kappa shape index (κ3) is 4.00. The Morgan fingerprint density at radius 2 is 2.15 bits per heavy atom. The number of carbonyl (C=O) groups is 2. The maximum absolute atomic E-state index is 12.7. The molecule has 2 amide bonds. The van der Waals surface area contributed by atoms with E-state index < -0.39 is 0 Å². The molecule has 2 aromatic rings. The fourth-order valence-corrected chi connectivity index (χ4v) is 4.34. The fourth-order valence-electron chi connectivity index (χ4n) is 2.49. The number of nitrogens with one attached hydrogen (secondary N) is 2. The highest BCUT2D eigenvalue weighted by atomic mass is 79.9. The summed E-state index contributed by atoms with van der Waals surface area (Å²) in [5.41, 5.74) is 1.54. The fraction of sp³-hybridized carbons (Fsp3) is 0.222. The van der Waals surface area contributed by atoms with Gasteiger partial charge in [0.05, 0.1) is 27.7 Å². The summed E-state index contributed by atoms with van der Waals surface area (Å²) < 4.78 is 6.25. The van der Waals surface area contributed by atoms with Gasteiger partial charge in [0.25, 0.3) is 5.91 Å². The van der Waals surface area contributed by atoms with E-state index in [4.69, 9.17) is 16.3 Å². The Kier molecular flexibility index (Phi) is 5.79. The van der Waals surface area contributed by atoms with E-state index in [1.165, 1.54) is 11.8 Å². The number of rotatable bonds is 4. The van der Waals surface area contributed by atoms with Crippen LogP contribution in [0.4, 0.5) is 11.4 Å². The first kappa shape index (κ1) is 19.1. The monoisotopic (exact) mass is 454 g/mol. The maximum Gasteiger partial charge on any atom is 0.255 e. The van der Waals surface area contributed by atoms with Crippen LogP contribution in [0.5, 0.6) is 5.75 Å². The van der Waals surface area contributed by atoms with Gasteiger partial charge in [-0.15, -0.1) is 11.8 Å². The summed E-state index contributed by atoms with van der Waals surface area (Å²) in [6.45, 7) is 4.15. The third-order valence-electron chi connectivity index (χ3n) is 3.72. The lowest BCUT2D eigenvalue weighted by molar-refractivity contribution is -0.115. The molecular weight excluding hydrogens is 440 g/mol. The van der Waals surface area contributed by atoms with Crippen molar-refractivity contribution in [1.29, 1.82) is 0 Å². The van der Waals surface area contributed by atoms with Gasteiger partial charge < -0.3 is 15.4 Å². The first-order valence-corrected chi connectivity index (χ1v) is 9.99. The van der Waals surface area contributed by atoms with Gasteiger partial charge in [-0.1, -0.05) is 11.6 Å². The highest BCUT2D eigenvalue weighted by Gasteiger charge is 2.24. The third-order valence-corrected chi connectivity index (χ3v) is 5.70. The van der Waals surface area contributed by atoms with Crippen LogP contribution >= 0.6 is 39.3 Å². The molecule has 1 heterocycles. The van der Waals surface area contributed by atoms with Crippen LogP contribution in [0.15, 0.2) is 39.7 Å². The number of carbonyl (C=O) groups excluding carboxylic acids is 2. The number of hydrogen-bond acceptors (Lipinski definition) is 4. The molecule has 2 N–H and O–H groups in total. The molecule has 26 heavy (non-hydrogen) atoms. The zero-order valence-electron chi connectivity index (χ0n) is 14.1. The number of amides is 2. The Hall–Kier alpha value is -1.70. The Morgan fingerprint density at radius 3 is 2.88 bits per heavy atom. The minimum Gasteiger partial charge on any atom is -0.491 e. The van der Waals surface area contributed by atoms with E-state index in [9.17, 15) is 9.59 Å². The molecule has 0 saturated heterocycles. The zero-order valence-corrected chi connectivity index (χ0v) is 17.2. The molecule has 0 fully saturated rings. The van der Waals surface area contributed by atoms with Gasteiger partial charge in [-0.3, -0.25) is 9.59 Å². The van der Waals surface area contributed by atoms with Crippen LogP contribution in [0.25, 0.3) is 0 Å². The minimum absolute atomic E-state index is 0.0718.